The molecule has 0 aliphatic heterocycles. The second-order valence-corrected chi connectivity index (χ2v) is 2.20. The molecule has 1 rings (SSSR count). The fourth-order valence-electron chi connectivity index (χ4n) is 0.818. The van der Waals surface area contributed by atoms with Crippen molar-refractivity contribution in [2.24, 2.45) is 5.73 Å². The zero-order valence-corrected chi connectivity index (χ0v) is 5.94. The number of hydrogen-bond donors (Lipinski definition) is 2. The molecular weight excluding hydrogens is 169 g/mol. The van der Waals surface area contributed by atoms with Gasteiger partial charge in [0, 0.05) is 12.1 Å². The van der Waals surface area contributed by atoms with Crippen molar-refractivity contribution in [3.05, 3.63) is 35.1 Å². The van der Waals surface area contributed by atoms with Crippen LogP contribution in [0.3, 0.4) is 0 Å². The molecular formula is C7H6F3N2+. The zero-order chi connectivity index (χ0) is 9.30. The molecule has 0 spiro atoms. The van der Waals surface area contributed by atoms with E-state index in [2.05, 4.69) is 0 Å². The summed E-state index contributed by atoms with van der Waals surface area (Å²) < 4.78 is 37.7. The minimum Gasteiger partial charge on any atom is -0.287 e. The van der Waals surface area contributed by atoms with E-state index in [0.29, 0.717) is 12.1 Å². The molecule has 0 aliphatic rings. The lowest BCUT2D eigenvalue weighted by molar-refractivity contribution is -0.114. The molecule has 0 amide bonds. The predicted octanol–water partition coefficient (Wildman–Crippen LogP) is -0.432. The molecule has 0 aromatic heterocycles. The third kappa shape index (κ3) is 1.39. The SMILES string of the molecule is NC(=[NH2+])c1c(F)cc(F)cc1F. The predicted molar refractivity (Wildman–Crippen MR) is 36.5 cm³/mol. The van der Waals surface area contributed by atoms with E-state index in [4.69, 9.17) is 11.1 Å². The Hall–Kier alpha value is -1.52. The van der Waals surface area contributed by atoms with Gasteiger partial charge >= 0.3 is 0 Å². The zero-order valence-electron chi connectivity index (χ0n) is 5.94. The molecule has 0 fully saturated rings. The summed E-state index contributed by atoms with van der Waals surface area (Å²) in [6.07, 6.45) is 0. The lowest BCUT2D eigenvalue weighted by Gasteiger charge is -1.98. The van der Waals surface area contributed by atoms with Crippen molar-refractivity contribution in [2.75, 3.05) is 0 Å². The van der Waals surface area contributed by atoms with Gasteiger partial charge in [0.2, 0.25) is 0 Å². The molecule has 5 heteroatoms. The molecule has 0 unspecified atom stereocenters. The third-order valence-electron chi connectivity index (χ3n) is 1.30. The van der Waals surface area contributed by atoms with E-state index in [1.807, 2.05) is 0 Å². The standard InChI is InChI=1S/C7H5F3N2/c8-3-1-4(9)6(7(11)12)5(10)2-3/h1-2H,(H3,11,12)/p+1. The van der Waals surface area contributed by atoms with Crippen molar-refractivity contribution in [2.45, 2.75) is 0 Å². The minimum absolute atomic E-state index is 0.509. The van der Waals surface area contributed by atoms with E-state index in [9.17, 15) is 13.2 Å². The van der Waals surface area contributed by atoms with Crippen molar-refractivity contribution in [1.82, 2.24) is 0 Å². The Bertz CT molecular complexity index is 312. The van der Waals surface area contributed by atoms with E-state index >= 15 is 0 Å². The van der Waals surface area contributed by atoms with E-state index in [0.717, 1.165) is 0 Å². The maximum absolute atomic E-state index is 12.7. The van der Waals surface area contributed by atoms with Gasteiger partial charge in [0.05, 0.1) is 0 Å². The number of nitrogens with two attached hydrogens (primary N) is 2. The monoisotopic (exact) mass is 175 g/mol. The average Bonchev–Trinajstić information content (AvgIpc) is 1.82. The molecule has 12 heavy (non-hydrogen) atoms. The number of amidine groups is 1. The fraction of sp³-hybridized carbons (Fsp3) is 0. The molecule has 64 valence electrons. The highest BCUT2D eigenvalue weighted by Gasteiger charge is 2.16. The number of halogens is 3. The maximum Gasteiger partial charge on any atom is 0.276 e. The van der Waals surface area contributed by atoms with Gasteiger partial charge < -0.3 is 0 Å². The van der Waals surface area contributed by atoms with Crippen LogP contribution in [0, 0.1) is 17.5 Å². The summed E-state index contributed by atoms with van der Waals surface area (Å²) in [6, 6.07) is 1.02. The van der Waals surface area contributed by atoms with E-state index in [1.54, 1.807) is 0 Å². The van der Waals surface area contributed by atoms with Gasteiger partial charge in [-0.3, -0.25) is 11.1 Å². The second kappa shape index (κ2) is 2.84. The van der Waals surface area contributed by atoms with Crippen LogP contribution in [0.15, 0.2) is 12.1 Å². The molecule has 0 bridgehead atoms. The molecule has 0 saturated heterocycles. The van der Waals surface area contributed by atoms with Crippen LogP contribution in [0.1, 0.15) is 5.56 Å². The summed E-state index contributed by atoms with van der Waals surface area (Å²) in [7, 11) is 0. The summed E-state index contributed by atoms with van der Waals surface area (Å²) in [4.78, 5) is 0. The van der Waals surface area contributed by atoms with Crippen molar-refractivity contribution in [3.63, 3.8) is 0 Å². The van der Waals surface area contributed by atoms with Gasteiger partial charge in [0.15, 0.2) is 0 Å². The Morgan fingerprint density at radius 1 is 1.17 bits per heavy atom. The first-order valence-corrected chi connectivity index (χ1v) is 3.05. The molecule has 0 radical (unpaired) electrons. The molecule has 4 N–H and O–H groups in total. The van der Waals surface area contributed by atoms with Gasteiger partial charge in [-0.25, -0.2) is 13.2 Å². The van der Waals surface area contributed by atoms with Gasteiger partial charge in [-0.05, 0) is 0 Å². The van der Waals surface area contributed by atoms with Crippen molar-refractivity contribution < 1.29 is 18.6 Å². The van der Waals surface area contributed by atoms with Crippen LogP contribution < -0.4 is 11.1 Å². The Balaban J connectivity index is 3.38. The third-order valence-corrected chi connectivity index (χ3v) is 1.30. The number of hydrogen-bond acceptors (Lipinski definition) is 0. The van der Waals surface area contributed by atoms with Gasteiger partial charge in [-0.1, -0.05) is 0 Å². The average molecular weight is 175 g/mol. The smallest absolute Gasteiger partial charge is 0.276 e. The van der Waals surface area contributed by atoms with Crippen molar-refractivity contribution in [1.29, 1.82) is 0 Å². The quantitative estimate of drug-likeness (QED) is 0.441. The topological polar surface area (TPSA) is 51.6 Å². The number of rotatable bonds is 1. The molecule has 1 aromatic carbocycles. The summed E-state index contributed by atoms with van der Waals surface area (Å²) in [5.74, 6) is -3.72. The first-order valence-electron chi connectivity index (χ1n) is 3.05. The Morgan fingerprint density at radius 2 is 1.58 bits per heavy atom. The molecule has 1 aromatic rings. The van der Waals surface area contributed by atoms with Crippen LogP contribution in [0.25, 0.3) is 0 Å². The van der Waals surface area contributed by atoms with Crippen LogP contribution in [-0.4, -0.2) is 5.84 Å². The Kier molecular flexibility index (Phi) is 2.03. The normalized spacial score (nSPS) is 9.92. The van der Waals surface area contributed by atoms with Crippen LogP contribution >= 0.6 is 0 Å². The van der Waals surface area contributed by atoms with E-state index in [1.165, 1.54) is 0 Å². The first kappa shape index (κ1) is 8.58. The highest BCUT2D eigenvalue weighted by atomic mass is 19.1. The van der Waals surface area contributed by atoms with Crippen molar-refractivity contribution >= 4 is 5.84 Å². The summed E-state index contributed by atoms with van der Waals surface area (Å²) in [5.41, 5.74) is 4.37. The summed E-state index contributed by atoms with van der Waals surface area (Å²) in [5, 5.41) is 4.96. The van der Waals surface area contributed by atoms with Gasteiger partial charge in [-0.2, -0.15) is 0 Å². The second-order valence-electron chi connectivity index (χ2n) is 2.20. The maximum atomic E-state index is 12.7. The van der Waals surface area contributed by atoms with Gasteiger partial charge in [0.1, 0.15) is 23.0 Å². The van der Waals surface area contributed by atoms with E-state index in [-0.39, 0.29) is 0 Å². The summed E-state index contributed by atoms with van der Waals surface area (Å²) in [6.45, 7) is 0. The largest absolute Gasteiger partial charge is 0.287 e. The Labute approximate surface area is 66.3 Å². The number of benzene rings is 1. The molecule has 0 aliphatic carbocycles. The first-order chi connectivity index (χ1) is 5.52. The fourth-order valence-corrected chi connectivity index (χ4v) is 0.818. The van der Waals surface area contributed by atoms with Crippen LogP contribution in [0.5, 0.6) is 0 Å². The van der Waals surface area contributed by atoms with Gasteiger partial charge in [0.25, 0.3) is 5.84 Å². The van der Waals surface area contributed by atoms with E-state index < -0.39 is 28.9 Å². The lowest BCUT2D eigenvalue weighted by atomic mass is 10.2. The van der Waals surface area contributed by atoms with Crippen molar-refractivity contribution in [3.8, 4) is 0 Å². The highest BCUT2D eigenvalue weighted by molar-refractivity contribution is 5.93. The minimum atomic E-state index is -1.10. The summed E-state index contributed by atoms with van der Waals surface area (Å²) >= 11 is 0. The van der Waals surface area contributed by atoms with Crippen LogP contribution in [0.4, 0.5) is 13.2 Å². The lowest BCUT2D eigenvalue weighted by Crippen LogP contribution is -2.47. The van der Waals surface area contributed by atoms with Crippen LogP contribution in [-0.2, 0) is 0 Å². The molecule has 0 heterocycles. The highest BCUT2D eigenvalue weighted by Crippen LogP contribution is 2.12. The molecule has 0 atom stereocenters. The molecule has 2 nitrogen and oxygen atoms in total. The molecule has 0 saturated carbocycles. The van der Waals surface area contributed by atoms with Gasteiger partial charge in [-0.15, -0.1) is 0 Å². The van der Waals surface area contributed by atoms with Crippen LogP contribution in [0.2, 0.25) is 0 Å². The Morgan fingerprint density at radius 3 is 1.92 bits per heavy atom.